The largest absolute Gasteiger partial charge is 0.382 e. The predicted molar refractivity (Wildman–Crippen MR) is 122 cm³/mol. The molecule has 4 heterocycles. The summed E-state index contributed by atoms with van der Waals surface area (Å²) in [5.41, 5.74) is 2.03. The van der Waals surface area contributed by atoms with E-state index in [4.69, 9.17) is 9.72 Å². The molecular formula is C24H22N6O3. The van der Waals surface area contributed by atoms with Crippen molar-refractivity contribution >= 4 is 22.6 Å². The number of fused-ring (bicyclic) bond motifs is 2. The summed E-state index contributed by atoms with van der Waals surface area (Å²) in [6.07, 6.45) is 5.24. The van der Waals surface area contributed by atoms with Crippen molar-refractivity contribution in [1.82, 2.24) is 18.9 Å². The fourth-order valence-corrected chi connectivity index (χ4v) is 3.63. The van der Waals surface area contributed by atoms with E-state index in [9.17, 15) is 14.9 Å². The van der Waals surface area contributed by atoms with Crippen LogP contribution in [0, 0.1) is 18.3 Å². The molecule has 9 heteroatoms. The minimum Gasteiger partial charge on any atom is -0.382 e. The molecule has 1 amide bonds. The van der Waals surface area contributed by atoms with E-state index in [1.807, 2.05) is 19.9 Å². The Kier molecular flexibility index (Phi) is 6.38. The second-order valence-corrected chi connectivity index (χ2v) is 7.39. The number of carbonyl (C=O) groups excluding carboxylic acids is 1. The maximum absolute atomic E-state index is 13.3. The molecule has 0 bridgehead atoms. The number of aryl methyl sites for hydroxylation is 2. The van der Waals surface area contributed by atoms with Crippen molar-refractivity contribution in [2.24, 2.45) is 4.99 Å². The maximum atomic E-state index is 13.3. The lowest BCUT2D eigenvalue weighted by Crippen LogP contribution is -2.30. The summed E-state index contributed by atoms with van der Waals surface area (Å²) < 4.78 is 8.59. The zero-order valence-corrected chi connectivity index (χ0v) is 18.4. The van der Waals surface area contributed by atoms with E-state index < -0.39 is 5.91 Å². The second-order valence-electron chi connectivity index (χ2n) is 7.39. The average molecular weight is 442 g/mol. The maximum Gasteiger partial charge on any atom is 0.279 e. The van der Waals surface area contributed by atoms with Gasteiger partial charge in [0, 0.05) is 43.9 Å². The Hall–Kier alpha value is -4.16. The van der Waals surface area contributed by atoms with Crippen LogP contribution in [-0.2, 0) is 11.3 Å². The van der Waals surface area contributed by atoms with E-state index in [0.717, 1.165) is 5.56 Å². The Bertz CT molecular complexity index is 1510. The van der Waals surface area contributed by atoms with Crippen LogP contribution in [0.5, 0.6) is 0 Å². The Morgan fingerprint density at radius 1 is 1.24 bits per heavy atom. The fraction of sp³-hybridized carbons (Fsp3) is 0.250. The fourth-order valence-electron chi connectivity index (χ4n) is 3.63. The van der Waals surface area contributed by atoms with E-state index >= 15 is 0 Å². The Labute approximate surface area is 189 Å². The summed E-state index contributed by atoms with van der Waals surface area (Å²) in [4.78, 5) is 39.0. The molecule has 4 aromatic rings. The van der Waals surface area contributed by atoms with E-state index in [2.05, 4.69) is 16.0 Å². The molecule has 0 spiro atoms. The first-order valence-electron chi connectivity index (χ1n) is 10.6. The van der Waals surface area contributed by atoms with Crippen molar-refractivity contribution in [1.29, 1.82) is 5.26 Å². The molecule has 0 aliphatic heterocycles. The molecule has 0 aromatic carbocycles. The number of ether oxygens (including phenoxy) is 1. The van der Waals surface area contributed by atoms with Crippen LogP contribution in [0.2, 0.25) is 0 Å². The van der Waals surface area contributed by atoms with E-state index in [-0.39, 0.29) is 22.0 Å². The van der Waals surface area contributed by atoms with Crippen molar-refractivity contribution in [3.05, 3.63) is 81.5 Å². The molecule has 0 aliphatic carbocycles. The van der Waals surface area contributed by atoms with Gasteiger partial charge in [0.2, 0.25) is 0 Å². The molecule has 0 fully saturated rings. The monoisotopic (exact) mass is 442 g/mol. The number of nitrogens with zero attached hydrogens (tertiary/aromatic N) is 6. The lowest BCUT2D eigenvalue weighted by atomic mass is 10.2. The SMILES string of the molecule is CCOCCCn1c(=NC(=O)c2ccncc2)c(C#N)cc2c(=O)n3cccc(C)c3nc21. The van der Waals surface area contributed by atoms with Gasteiger partial charge in [-0.3, -0.25) is 19.0 Å². The number of nitriles is 1. The Morgan fingerprint density at radius 2 is 2.03 bits per heavy atom. The molecule has 33 heavy (non-hydrogen) atoms. The number of pyridine rings is 3. The van der Waals surface area contributed by atoms with Gasteiger partial charge >= 0.3 is 0 Å². The third-order valence-corrected chi connectivity index (χ3v) is 5.23. The van der Waals surface area contributed by atoms with Crippen LogP contribution >= 0.6 is 0 Å². The van der Waals surface area contributed by atoms with Gasteiger partial charge < -0.3 is 9.30 Å². The molecule has 0 unspecified atom stereocenters. The average Bonchev–Trinajstić information content (AvgIpc) is 2.84. The first kappa shape index (κ1) is 22.0. The first-order chi connectivity index (χ1) is 16.0. The van der Waals surface area contributed by atoms with Gasteiger partial charge in [-0.1, -0.05) is 6.07 Å². The van der Waals surface area contributed by atoms with Gasteiger partial charge in [0.15, 0.2) is 5.49 Å². The zero-order chi connectivity index (χ0) is 23.4. The molecule has 0 N–H and O–H groups in total. The summed E-state index contributed by atoms with van der Waals surface area (Å²) in [5, 5.41) is 10.1. The van der Waals surface area contributed by atoms with Crippen molar-refractivity contribution in [3.8, 4) is 6.07 Å². The topological polar surface area (TPSA) is 115 Å². The molecule has 0 saturated heterocycles. The molecular weight excluding hydrogens is 420 g/mol. The van der Waals surface area contributed by atoms with Gasteiger partial charge in [-0.15, -0.1) is 0 Å². The van der Waals surface area contributed by atoms with Gasteiger partial charge in [0.05, 0.1) is 10.9 Å². The third-order valence-electron chi connectivity index (χ3n) is 5.23. The van der Waals surface area contributed by atoms with Crippen LogP contribution in [0.1, 0.15) is 34.8 Å². The van der Waals surface area contributed by atoms with Crippen molar-refractivity contribution < 1.29 is 9.53 Å². The Balaban J connectivity index is 2.04. The highest BCUT2D eigenvalue weighted by atomic mass is 16.5. The van der Waals surface area contributed by atoms with Crippen LogP contribution in [0.3, 0.4) is 0 Å². The smallest absolute Gasteiger partial charge is 0.279 e. The standard InChI is InChI=1S/C24H22N6O3/c1-3-33-13-5-12-29-21(28-23(31)17-7-9-26-10-8-17)18(15-25)14-19-22(29)27-20-16(2)6-4-11-30(20)24(19)32/h4,6-11,14H,3,5,12-13H2,1-2H3. The highest BCUT2D eigenvalue weighted by Crippen LogP contribution is 2.13. The highest BCUT2D eigenvalue weighted by molar-refractivity contribution is 5.94. The molecule has 0 aliphatic rings. The minimum absolute atomic E-state index is 0.118. The highest BCUT2D eigenvalue weighted by Gasteiger charge is 2.16. The van der Waals surface area contributed by atoms with Gasteiger partial charge in [-0.05, 0) is 50.1 Å². The Morgan fingerprint density at radius 3 is 2.76 bits per heavy atom. The lowest BCUT2D eigenvalue weighted by molar-refractivity contribution is 0.0997. The first-order valence-corrected chi connectivity index (χ1v) is 10.6. The van der Waals surface area contributed by atoms with E-state index in [0.29, 0.717) is 43.0 Å². The lowest BCUT2D eigenvalue weighted by Gasteiger charge is -2.14. The molecule has 0 saturated carbocycles. The van der Waals surface area contributed by atoms with Crippen LogP contribution in [0.15, 0.2) is 58.7 Å². The quantitative estimate of drug-likeness (QED) is 0.335. The number of hydrogen-bond donors (Lipinski definition) is 0. The van der Waals surface area contributed by atoms with E-state index in [1.165, 1.54) is 22.9 Å². The summed E-state index contributed by atoms with van der Waals surface area (Å²) >= 11 is 0. The van der Waals surface area contributed by atoms with Crippen LogP contribution in [-0.4, -0.2) is 38.1 Å². The van der Waals surface area contributed by atoms with Crippen LogP contribution < -0.4 is 11.0 Å². The van der Waals surface area contributed by atoms with Gasteiger partial charge in [0.25, 0.3) is 11.5 Å². The normalized spacial score (nSPS) is 11.7. The van der Waals surface area contributed by atoms with Crippen molar-refractivity contribution in [2.45, 2.75) is 26.8 Å². The summed E-state index contributed by atoms with van der Waals surface area (Å²) in [6.45, 7) is 5.19. The predicted octanol–water partition coefficient (Wildman–Crippen LogP) is 2.39. The zero-order valence-electron chi connectivity index (χ0n) is 18.4. The third kappa shape index (κ3) is 4.29. The molecule has 0 radical (unpaired) electrons. The minimum atomic E-state index is -0.513. The molecule has 166 valence electrons. The summed E-state index contributed by atoms with van der Waals surface area (Å²) in [5.74, 6) is -0.513. The second kappa shape index (κ2) is 9.54. The van der Waals surface area contributed by atoms with Crippen LogP contribution in [0.4, 0.5) is 0 Å². The van der Waals surface area contributed by atoms with Crippen LogP contribution in [0.25, 0.3) is 16.7 Å². The van der Waals surface area contributed by atoms with Crippen molar-refractivity contribution in [3.63, 3.8) is 0 Å². The number of carbonyl (C=O) groups is 1. The van der Waals surface area contributed by atoms with Crippen molar-refractivity contribution in [2.75, 3.05) is 13.2 Å². The molecule has 4 rings (SSSR count). The molecule has 9 nitrogen and oxygen atoms in total. The van der Waals surface area contributed by atoms with E-state index in [1.54, 1.807) is 29.0 Å². The number of rotatable bonds is 6. The van der Waals surface area contributed by atoms with Gasteiger partial charge in [-0.25, -0.2) is 4.98 Å². The molecule has 4 aromatic heterocycles. The number of amides is 1. The van der Waals surface area contributed by atoms with Gasteiger partial charge in [0.1, 0.15) is 17.4 Å². The molecule has 0 atom stereocenters. The van der Waals surface area contributed by atoms with Gasteiger partial charge in [-0.2, -0.15) is 10.3 Å². The summed E-state index contributed by atoms with van der Waals surface area (Å²) in [6, 6.07) is 10.3. The number of hydrogen-bond acceptors (Lipinski definition) is 6. The summed E-state index contributed by atoms with van der Waals surface area (Å²) in [7, 11) is 0. The number of aromatic nitrogens is 4.